The normalized spacial score (nSPS) is 25.9. The van der Waals surface area contributed by atoms with Crippen LogP contribution in [0.4, 0.5) is 0 Å². The van der Waals surface area contributed by atoms with Crippen LogP contribution < -0.4 is 10.6 Å². The average molecular weight is 256 g/mol. The van der Waals surface area contributed by atoms with Gasteiger partial charge in [0.25, 0.3) is 0 Å². The molecule has 0 spiro atoms. The standard InChI is InChI=1S/C13H24N2O3/c16-13(15-12-3-6-17-7-4-12)10-18-9-11-2-1-5-14-8-11/h11-12,14H,1-10H2,(H,15,16). The Balaban J connectivity index is 1.53. The number of amides is 1. The molecule has 1 amide bonds. The molecule has 0 saturated carbocycles. The van der Waals surface area contributed by atoms with Crippen LogP contribution in [0.15, 0.2) is 0 Å². The number of ether oxygens (including phenoxy) is 2. The topological polar surface area (TPSA) is 59.6 Å². The zero-order valence-corrected chi connectivity index (χ0v) is 11.0. The summed E-state index contributed by atoms with van der Waals surface area (Å²) in [6.07, 6.45) is 4.24. The Labute approximate surface area is 109 Å². The van der Waals surface area contributed by atoms with Crippen molar-refractivity contribution in [3.05, 3.63) is 0 Å². The molecule has 104 valence electrons. The van der Waals surface area contributed by atoms with Crippen LogP contribution in [0.3, 0.4) is 0 Å². The third-order valence-electron chi connectivity index (χ3n) is 3.57. The Morgan fingerprint density at radius 2 is 2.17 bits per heavy atom. The number of hydrogen-bond acceptors (Lipinski definition) is 4. The molecular formula is C13H24N2O3. The molecule has 0 aromatic carbocycles. The first-order valence-electron chi connectivity index (χ1n) is 7.00. The van der Waals surface area contributed by atoms with Gasteiger partial charge in [0.15, 0.2) is 0 Å². The van der Waals surface area contributed by atoms with E-state index in [-0.39, 0.29) is 18.6 Å². The molecule has 1 atom stereocenters. The van der Waals surface area contributed by atoms with Crippen LogP contribution in [0.25, 0.3) is 0 Å². The van der Waals surface area contributed by atoms with Gasteiger partial charge in [0.1, 0.15) is 6.61 Å². The molecule has 0 radical (unpaired) electrons. The van der Waals surface area contributed by atoms with E-state index in [1.807, 2.05) is 0 Å². The molecule has 5 heteroatoms. The van der Waals surface area contributed by atoms with Crippen molar-refractivity contribution in [2.75, 3.05) is 39.5 Å². The molecule has 2 rings (SSSR count). The monoisotopic (exact) mass is 256 g/mol. The van der Waals surface area contributed by atoms with Crippen molar-refractivity contribution >= 4 is 5.91 Å². The molecule has 0 bridgehead atoms. The Hall–Kier alpha value is -0.650. The van der Waals surface area contributed by atoms with E-state index in [2.05, 4.69) is 10.6 Å². The summed E-state index contributed by atoms with van der Waals surface area (Å²) in [5.41, 5.74) is 0. The first kappa shape index (κ1) is 13.8. The number of piperidine rings is 1. The second kappa shape index (κ2) is 7.71. The van der Waals surface area contributed by atoms with Crippen molar-refractivity contribution < 1.29 is 14.3 Å². The van der Waals surface area contributed by atoms with Gasteiger partial charge in [-0.2, -0.15) is 0 Å². The molecule has 2 heterocycles. The molecule has 2 aliphatic rings. The van der Waals surface area contributed by atoms with Crippen LogP contribution in [0.1, 0.15) is 25.7 Å². The minimum absolute atomic E-state index is 0.00525. The molecule has 2 aliphatic heterocycles. The fraction of sp³-hybridized carbons (Fsp3) is 0.923. The number of nitrogens with one attached hydrogen (secondary N) is 2. The molecule has 0 aromatic heterocycles. The molecule has 5 nitrogen and oxygen atoms in total. The summed E-state index contributed by atoms with van der Waals surface area (Å²) < 4.78 is 10.7. The first-order valence-corrected chi connectivity index (χ1v) is 7.00. The predicted molar refractivity (Wildman–Crippen MR) is 68.4 cm³/mol. The largest absolute Gasteiger partial charge is 0.381 e. The van der Waals surface area contributed by atoms with Crippen LogP contribution in [-0.2, 0) is 14.3 Å². The van der Waals surface area contributed by atoms with E-state index in [0.29, 0.717) is 12.5 Å². The predicted octanol–water partition coefficient (Wildman–Crippen LogP) is 0.298. The Kier molecular flexibility index (Phi) is 5.90. The van der Waals surface area contributed by atoms with E-state index in [4.69, 9.17) is 9.47 Å². The highest BCUT2D eigenvalue weighted by atomic mass is 16.5. The van der Waals surface area contributed by atoms with Gasteiger partial charge in [-0.25, -0.2) is 0 Å². The van der Waals surface area contributed by atoms with Crippen molar-refractivity contribution in [3.63, 3.8) is 0 Å². The number of carbonyl (C=O) groups excluding carboxylic acids is 1. The van der Waals surface area contributed by atoms with E-state index < -0.39 is 0 Å². The number of hydrogen-bond donors (Lipinski definition) is 2. The summed E-state index contributed by atoms with van der Waals surface area (Å²) in [6, 6.07) is 0.270. The van der Waals surface area contributed by atoms with E-state index in [1.54, 1.807) is 0 Å². The Morgan fingerprint density at radius 1 is 1.33 bits per heavy atom. The van der Waals surface area contributed by atoms with Crippen LogP contribution in [0.2, 0.25) is 0 Å². The zero-order valence-electron chi connectivity index (χ0n) is 11.0. The van der Waals surface area contributed by atoms with Crippen molar-refractivity contribution in [2.24, 2.45) is 5.92 Å². The average Bonchev–Trinajstić information content (AvgIpc) is 2.41. The maximum absolute atomic E-state index is 11.7. The van der Waals surface area contributed by atoms with Crippen LogP contribution in [0.5, 0.6) is 0 Å². The van der Waals surface area contributed by atoms with E-state index in [0.717, 1.165) is 39.1 Å². The van der Waals surface area contributed by atoms with Crippen molar-refractivity contribution in [1.82, 2.24) is 10.6 Å². The summed E-state index contributed by atoms with van der Waals surface area (Å²) in [7, 11) is 0. The third-order valence-corrected chi connectivity index (χ3v) is 3.57. The van der Waals surface area contributed by atoms with Crippen molar-refractivity contribution in [2.45, 2.75) is 31.7 Å². The maximum atomic E-state index is 11.7. The van der Waals surface area contributed by atoms with Crippen molar-refractivity contribution in [1.29, 1.82) is 0 Å². The van der Waals surface area contributed by atoms with Gasteiger partial charge in [0, 0.05) is 25.8 Å². The molecule has 2 fully saturated rings. The second-order valence-electron chi connectivity index (χ2n) is 5.18. The quantitative estimate of drug-likeness (QED) is 0.742. The summed E-state index contributed by atoms with van der Waals surface area (Å²) in [5.74, 6) is 0.570. The van der Waals surface area contributed by atoms with E-state index in [1.165, 1.54) is 12.8 Å². The fourth-order valence-corrected chi connectivity index (χ4v) is 2.50. The van der Waals surface area contributed by atoms with Crippen molar-refractivity contribution in [3.8, 4) is 0 Å². The smallest absolute Gasteiger partial charge is 0.246 e. The van der Waals surface area contributed by atoms with Crippen LogP contribution >= 0.6 is 0 Å². The van der Waals surface area contributed by atoms with Gasteiger partial charge < -0.3 is 20.1 Å². The van der Waals surface area contributed by atoms with Crippen LogP contribution in [-0.4, -0.2) is 51.5 Å². The van der Waals surface area contributed by atoms with Gasteiger partial charge in [-0.1, -0.05) is 0 Å². The lowest BCUT2D eigenvalue weighted by Crippen LogP contribution is -2.41. The lowest BCUT2D eigenvalue weighted by molar-refractivity contribution is -0.127. The highest BCUT2D eigenvalue weighted by Gasteiger charge is 2.17. The van der Waals surface area contributed by atoms with E-state index in [9.17, 15) is 4.79 Å². The second-order valence-corrected chi connectivity index (χ2v) is 5.18. The molecule has 2 saturated heterocycles. The summed E-state index contributed by atoms with van der Waals surface area (Å²) in [6.45, 7) is 4.50. The van der Waals surface area contributed by atoms with Gasteiger partial charge in [0.2, 0.25) is 5.91 Å². The first-order chi connectivity index (χ1) is 8.84. The van der Waals surface area contributed by atoms with Gasteiger partial charge >= 0.3 is 0 Å². The van der Waals surface area contributed by atoms with Crippen LogP contribution in [0, 0.1) is 5.92 Å². The summed E-state index contributed by atoms with van der Waals surface area (Å²) in [4.78, 5) is 11.7. The molecule has 18 heavy (non-hydrogen) atoms. The highest BCUT2D eigenvalue weighted by molar-refractivity contribution is 5.77. The molecule has 0 aliphatic carbocycles. The third kappa shape index (κ3) is 4.92. The Bertz CT molecular complexity index is 249. The zero-order chi connectivity index (χ0) is 12.6. The summed E-state index contributed by atoms with van der Waals surface area (Å²) in [5, 5.41) is 6.34. The lowest BCUT2D eigenvalue weighted by Gasteiger charge is -2.24. The number of carbonyl (C=O) groups is 1. The highest BCUT2D eigenvalue weighted by Crippen LogP contribution is 2.10. The SMILES string of the molecule is O=C(COCC1CCCNC1)NC1CCOCC1. The van der Waals surface area contributed by atoms with Gasteiger partial charge in [-0.15, -0.1) is 0 Å². The molecule has 1 unspecified atom stereocenters. The number of rotatable bonds is 5. The molecule has 0 aromatic rings. The van der Waals surface area contributed by atoms with Gasteiger partial charge in [-0.05, 0) is 38.1 Å². The minimum atomic E-state index is 0.00525. The maximum Gasteiger partial charge on any atom is 0.246 e. The fourth-order valence-electron chi connectivity index (χ4n) is 2.50. The Morgan fingerprint density at radius 3 is 2.89 bits per heavy atom. The van der Waals surface area contributed by atoms with Gasteiger partial charge in [-0.3, -0.25) is 4.79 Å². The summed E-state index contributed by atoms with van der Waals surface area (Å²) >= 11 is 0. The lowest BCUT2D eigenvalue weighted by atomic mass is 10.0. The molecule has 2 N–H and O–H groups in total. The minimum Gasteiger partial charge on any atom is -0.381 e. The van der Waals surface area contributed by atoms with Gasteiger partial charge in [0.05, 0.1) is 6.61 Å². The molecular weight excluding hydrogens is 232 g/mol. The van der Waals surface area contributed by atoms with E-state index >= 15 is 0 Å².